The summed E-state index contributed by atoms with van der Waals surface area (Å²) in [6, 6.07) is 8.16. The summed E-state index contributed by atoms with van der Waals surface area (Å²) in [6.07, 6.45) is -0.920. The Morgan fingerprint density at radius 3 is 2.57 bits per heavy atom. The fourth-order valence-corrected chi connectivity index (χ4v) is 1.72. The van der Waals surface area contributed by atoms with Crippen molar-refractivity contribution < 1.29 is 20.5 Å². The van der Waals surface area contributed by atoms with Crippen molar-refractivity contribution in [3.63, 3.8) is 0 Å². The highest BCUT2D eigenvalue weighted by atomic mass is 16.6. The van der Waals surface area contributed by atoms with Crippen LogP contribution in [0.2, 0.25) is 0 Å². The molecular weight excluding hydrogens is 270 g/mol. The first-order valence-electron chi connectivity index (χ1n) is 6.99. The maximum absolute atomic E-state index is 12.0. The predicted molar refractivity (Wildman–Crippen MR) is 77.5 cm³/mol. The summed E-state index contributed by atoms with van der Waals surface area (Å²) >= 11 is 0. The van der Waals surface area contributed by atoms with Crippen LogP contribution in [0.4, 0.5) is 0 Å². The number of ether oxygens (including phenoxy) is 1. The molecule has 1 atom stereocenters. The zero-order valence-corrected chi connectivity index (χ0v) is 12.3. The number of benzene rings is 1. The summed E-state index contributed by atoms with van der Waals surface area (Å²) in [6.45, 7) is 5.25. The molecule has 6 nitrogen and oxygen atoms in total. The van der Waals surface area contributed by atoms with Gasteiger partial charge in [-0.25, -0.2) is 0 Å². The number of nitrogens with zero attached hydrogens (tertiary/aromatic N) is 2. The molecule has 0 unspecified atom stereocenters. The summed E-state index contributed by atoms with van der Waals surface area (Å²) in [5, 5.41) is 2.48. The van der Waals surface area contributed by atoms with E-state index in [-0.39, 0.29) is 6.42 Å². The lowest BCUT2D eigenvalue weighted by Crippen LogP contribution is -2.33. The van der Waals surface area contributed by atoms with E-state index in [1.165, 1.54) is 0 Å². The summed E-state index contributed by atoms with van der Waals surface area (Å²) in [5.41, 5.74) is 8.53. The highest BCUT2D eigenvalue weighted by Gasteiger charge is 2.23. The van der Waals surface area contributed by atoms with Crippen molar-refractivity contribution in [1.29, 1.82) is 0 Å². The van der Waals surface area contributed by atoms with Crippen molar-refractivity contribution in [1.82, 2.24) is 5.32 Å². The molecular formula is C15H19N3O3. The quantitative estimate of drug-likeness (QED) is 0.388. The van der Waals surface area contributed by atoms with Gasteiger partial charge < -0.3 is 15.6 Å². The van der Waals surface area contributed by atoms with Crippen molar-refractivity contribution in [3.05, 3.63) is 41.4 Å². The number of hydrogen-bond donors (Lipinski definition) is 1. The maximum Gasteiger partial charge on any atom is 0.344 e. The molecule has 1 N–H and O–H groups in total. The standard InChI is InChI=1S/C15H19N3O3/c1-15(2,3)21-14(20)9-12(18-13(19)10-17-16)11-7-5-4-6-8-11/h4-8,10,12H,9H2,1-3H3,(H,18,19)/t12-/m0/s1/i10D. The minimum Gasteiger partial charge on any atom is -0.460 e. The molecule has 112 valence electrons. The van der Waals surface area contributed by atoms with E-state index >= 15 is 0 Å². The van der Waals surface area contributed by atoms with Gasteiger partial charge in [0.25, 0.3) is 0 Å². The van der Waals surface area contributed by atoms with Gasteiger partial charge in [0.2, 0.25) is 0 Å². The second-order valence-corrected chi connectivity index (χ2v) is 5.44. The molecule has 6 heteroatoms. The Balaban J connectivity index is 2.91. The third-order valence-corrected chi connectivity index (χ3v) is 2.45. The van der Waals surface area contributed by atoms with Gasteiger partial charge in [0.1, 0.15) is 5.60 Å². The molecule has 0 aliphatic rings. The number of carbonyl (C=O) groups excluding carboxylic acids is 2. The summed E-state index contributed by atoms with van der Waals surface area (Å²) in [5.74, 6) is -1.35. The summed E-state index contributed by atoms with van der Waals surface area (Å²) in [7, 11) is 0. The van der Waals surface area contributed by atoms with Crippen molar-refractivity contribution in [2.75, 3.05) is 0 Å². The molecule has 1 aromatic carbocycles. The molecule has 1 amide bonds. The molecule has 0 radical (unpaired) electrons. The van der Waals surface area contributed by atoms with Gasteiger partial charge in [0.05, 0.1) is 12.5 Å². The van der Waals surface area contributed by atoms with Crippen LogP contribution < -0.4 is 5.32 Å². The fraction of sp³-hybridized carbons (Fsp3) is 0.400. The average molecular weight is 290 g/mol. The van der Waals surface area contributed by atoms with E-state index in [0.717, 1.165) is 0 Å². The number of carbonyl (C=O) groups is 2. The zero-order chi connectivity index (χ0) is 16.8. The fourth-order valence-electron chi connectivity index (χ4n) is 1.72. The SMILES string of the molecule is [2H]C(=[N+]=[N-])C(=O)N[C@@H](CC(=O)OC(C)(C)C)c1ccccc1. The van der Waals surface area contributed by atoms with Gasteiger partial charge in [-0.05, 0) is 26.3 Å². The van der Waals surface area contributed by atoms with Crippen molar-refractivity contribution in [2.24, 2.45) is 0 Å². The van der Waals surface area contributed by atoms with Crippen LogP contribution in [-0.2, 0) is 14.3 Å². The topological polar surface area (TPSA) is 91.8 Å². The molecule has 0 bridgehead atoms. The van der Waals surface area contributed by atoms with Gasteiger partial charge in [0.15, 0.2) is 1.37 Å². The van der Waals surface area contributed by atoms with Crippen LogP contribution in [0.15, 0.2) is 30.3 Å². The van der Waals surface area contributed by atoms with E-state index in [9.17, 15) is 9.59 Å². The van der Waals surface area contributed by atoms with E-state index in [0.29, 0.717) is 5.56 Å². The van der Waals surface area contributed by atoms with Crippen LogP contribution in [0.3, 0.4) is 0 Å². The second-order valence-electron chi connectivity index (χ2n) is 5.44. The molecule has 0 heterocycles. The van der Waals surface area contributed by atoms with E-state index in [4.69, 9.17) is 11.6 Å². The number of nitrogens with one attached hydrogen (secondary N) is 1. The third-order valence-electron chi connectivity index (χ3n) is 2.45. The highest BCUT2D eigenvalue weighted by Crippen LogP contribution is 2.19. The van der Waals surface area contributed by atoms with Crippen molar-refractivity contribution in [3.8, 4) is 0 Å². The molecule has 0 fully saturated rings. The Bertz CT molecular complexity index is 590. The van der Waals surface area contributed by atoms with Crippen LogP contribution in [0.25, 0.3) is 5.53 Å². The molecule has 0 aliphatic carbocycles. The number of amides is 1. The minimum absolute atomic E-state index is 0.0915. The minimum atomic E-state index is -0.875. The van der Waals surface area contributed by atoms with Crippen molar-refractivity contribution in [2.45, 2.75) is 38.8 Å². The molecule has 0 spiro atoms. The van der Waals surface area contributed by atoms with Gasteiger partial charge in [0, 0.05) is 0 Å². The molecule has 0 aliphatic heterocycles. The number of hydrogen-bond acceptors (Lipinski definition) is 3. The average Bonchev–Trinajstić information content (AvgIpc) is 2.44. The van der Waals surface area contributed by atoms with Crippen LogP contribution >= 0.6 is 0 Å². The molecule has 21 heavy (non-hydrogen) atoms. The van der Waals surface area contributed by atoms with Crippen LogP contribution in [0, 0.1) is 0 Å². The third kappa shape index (κ3) is 6.49. The smallest absolute Gasteiger partial charge is 0.344 e. The molecule has 0 saturated heterocycles. The lowest BCUT2D eigenvalue weighted by molar-refractivity contribution is -0.155. The monoisotopic (exact) mass is 290 g/mol. The lowest BCUT2D eigenvalue weighted by atomic mass is 10.0. The largest absolute Gasteiger partial charge is 0.460 e. The Morgan fingerprint density at radius 2 is 2.05 bits per heavy atom. The van der Waals surface area contributed by atoms with Gasteiger partial charge >= 0.3 is 18.1 Å². The van der Waals surface area contributed by atoms with Crippen LogP contribution in [0.5, 0.6) is 0 Å². The van der Waals surface area contributed by atoms with E-state index in [1.54, 1.807) is 51.1 Å². The Kier molecular flexibility index (Phi) is 5.23. The van der Waals surface area contributed by atoms with Crippen LogP contribution in [0.1, 0.15) is 40.2 Å². The molecule has 0 aromatic heterocycles. The van der Waals surface area contributed by atoms with Crippen molar-refractivity contribution >= 4 is 18.1 Å². The first-order valence-corrected chi connectivity index (χ1v) is 6.49. The Labute approximate surface area is 125 Å². The van der Waals surface area contributed by atoms with Gasteiger partial charge in [-0.15, -0.1) is 0 Å². The first kappa shape index (κ1) is 14.9. The van der Waals surface area contributed by atoms with E-state index < -0.39 is 29.7 Å². The summed E-state index contributed by atoms with van der Waals surface area (Å²) in [4.78, 5) is 26.2. The maximum atomic E-state index is 12.0. The van der Waals surface area contributed by atoms with Gasteiger partial charge in [-0.2, -0.15) is 4.79 Å². The Hall–Kier alpha value is -2.46. The normalized spacial score (nSPS) is 12.6. The lowest BCUT2D eigenvalue weighted by Gasteiger charge is -2.22. The first-order chi connectivity index (χ1) is 10.2. The molecule has 1 rings (SSSR count). The zero-order valence-electron chi connectivity index (χ0n) is 13.3. The summed E-state index contributed by atoms with van der Waals surface area (Å²) < 4.78 is 12.4. The molecule has 0 saturated carbocycles. The van der Waals surface area contributed by atoms with E-state index in [1.807, 2.05) is 0 Å². The second kappa shape index (κ2) is 7.36. The molecule has 1 aromatic rings. The highest BCUT2D eigenvalue weighted by molar-refractivity contribution is 6.24. The van der Waals surface area contributed by atoms with Gasteiger partial charge in [-0.3, -0.25) is 9.59 Å². The number of rotatable bonds is 5. The predicted octanol–water partition coefficient (Wildman–Crippen LogP) is 1.88. The van der Waals surface area contributed by atoms with Crippen LogP contribution in [-0.4, -0.2) is 28.5 Å². The Morgan fingerprint density at radius 1 is 1.43 bits per heavy atom. The van der Waals surface area contributed by atoms with E-state index in [2.05, 4.69) is 10.1 Å². The number of esters is 1. The van der Waals surface area contributed by atoms with Gasteiger partial charge in [-0.1, -0.05) is 30.3 Å².